The molecule has 2 rings (SSSR count). The molecule has 0 aromatic carbocycles. The summed E-state index contributed by atoms with van der Waals surface area (Å²) < 4.78 is 0. The van der Waals surface area contributed by atoms with Gasteiger partial charge in [-0.2, -0.15) is 0 Å². The van der Waals surface area contributed by atoms with Crippen molar-refractivity contribution in [1.82, 2.24) is 15.1 Å². The summed E-state index contributed by atoms with van der Waals surface area (Å²) in [5.74, 6) is 0.607. The highest BCUT2D eigenvalue weighted by Crippen LogP contribution is 2.20. The first-order valence-electron chi connectivity index (χ1n) is 8.16. The van der Waals surface area contributed by atoms with Gasteiger partial charge in [0.25, 0.3) is 5.91 Å². The quantitative estimate of drug-likeness (QED) is 0.903. The monoisotopic (exact) mass is 323 g/mol. The van der Waals surface area contributed by atoms with E-state index in [0.29, 0.717) is 12.0 Å². The Balaban J connectivity index is 1.94. The first kappa shape index (κ1) is 17.4. The number of hydrogen-bond donors (Lipinski definition) is 1. The SMILES string of the molecule is Cc1cc(C(=O)NCC(C(C)C)N2CCN(C)CC2)c(C)s1. The molecule has 0 aliphatic carbocycles. The highest BCUT2D eigenvalue weighted by Gasteiger charge is 2.25. The molecule has 0 radical (unpaired) electrons. The van der Waals surface area contributed by atoms with E-state index in [-0.39, 0.29) is 5.91 Å². The molecule has 1 saturated heterocycles. The second kappa shape index (κ2) is 7.57. The summed E-state index contributed by atoms with van der Waals surface area (Å²) >= 11 is 1.69. The van der Waals surface area contributed by atoms with Gasteiger partial charge in [-0.25, -0.2) is 0 Å². The van der Waals surface area contributed by atoms with Gasteiger partial charge < -0.3 is 10.2 Å². The standard InChI is InChI=1S/C17H29N3OS/c1-12(2)16(20-8-6-19(5)7-9-20)11-18-17(21)15-10-13(3)22-14(15)4/h10,12,16H,6-9,11H2,1-5H3,(H,18,21). The van der Waals surface area contributed by atoms with E-state index in [1.54, 1.807) is 11.3 Å². The first-order valence-corrected chi connectivity index (χ1v) is 8.98. The second-order valence-electron chi connectivity index (χ2n) is 6.69. The number of carbonyl (C=O) groups excluding carboxylic acids is 1. The Labute approximate surface area is 138 Å². The van der Waals surface area contributed by atoms with Crippen LogP contribution in [-0.2, 0) is 0 Å². The third kappa shape index (κ3) is 4.31. The van der Waals surface area contributed by atoms with Crippen LogP contribution in [0.15, 0.2) is 6.07 Å². The highest BCUT2D eigenvalue weighted by atomic mass is 32.1. The Kier molecular flexibility index (Phi) is 6.01. The number of piperazine rings is 1. The van der Waals surface area contributed by atoms with Gasteiger partial charge in [0.05, 0.1) is 5.56 Å². The lowest BCUT2D eigenvalue weighted by Gasteiger charge is -2.39. The summed E-state index contributed by atoms with van der Waals surface area (Å²) in [5, 5.41) is 3.16. The minimum Gasteiger partial charge on any atom is -0.350 e. The predicted octanol–water partition coefficient (Wildman–Crippen LogP) is 2.37. The zero-order valence-corrected chi connectivity index (χ0v) is 15.3. The lowest BCUT2D eigenvalue weighted by molar-refractivity contribution is 0.0791. The molecule has 1 atom stereocenters. The molecule has 0 bridgehead atoms. The molecule has 2 heterocycles. The Morgan fingerprint density at radius 2 is 1.91 bits per heavy atom. The Morgan fingerprint density at radius 1 is 1.27 bits per heavy atom. The van der Waals surface area contributed by atoms with E-state index in [0.717, 1.165) is 43.2 Å². The van der Waals surface area contributed by atoms with Gasteiger partial charge in [-0.1, -0.05) is 13.8 Å². The second-order valence-corrected chi connectivity index (χ2v) is 8.15. The van der Waals surface area contributed by atoms with Crippen molar-refractivity contribution in [2.75, 3.05) is 39.8 Å². The number of aryl methyl sites for hydroxylation is 2. The fraction of sp³-hybridized carbons (Fsp3) is 0.706. The van der Waals surface area contributed by atoms with E-state index in [1.807, 2.05) is 13.0 Å². The van der Waals surface area contributed by atoms with E-state index < -0.39 is 0 Å². The molecule has 22 heavy (non-hydrogen) atoms. The predicted molar refractivity (Wildman–Crippen MR) is 93.8 cm³/mol. The van der Waals surface area contributed by atoms with E-state index in [1.165, 1.54) is 4.88 Å². The van der Waals surface area contributed by atoms with E-state index >= 15 is 0 Å². The molecule has 1 fully saturated rings. The van der Waals surface area contributed by atoms with Crippen molar-refractivity contribution in [2.24, 2.45) is 5.92 Å². The molecule has 1 amide bonds. The first-order chi connectivity index (χ1) is 10.4. The lowest BCUT2D eigenvalue weighted by Crippen LogP contribution is -2.54. The summed E-state index contributed by atoms with van der Waals surface area (Å²) in [4.78, 5) is 19.6. The molecule has 1 aromatic rings. The smallest absolute Gasteiger partial charge is 0.252 e. The Morgan fingerprint density at radius 3 is 2.41 bits per heavy atom. The van der Waals surface area contributed by atoms with Crippen molar-refractivity contribution in [2.45, 2.75) is 33.7 Å². The van der Waals surface area contributed by atoms with Crippen molar-refractivity contribution in [3.05, 3.63) is 21.4 Å². The van der Waals surface area contributed by atoms with Gasteiger partial charge in [0, 0.05) is 48.5 Å². The molecular weight excluding hydrogens is 294 g/mol. The zero-order valence-electron chi connectivity index (χ0n) is 14.5. The third-order valence-corrected chi connectivity index (χ3v) is 5.50. The maximum absolute atomic E-state index is 12.4. The number of carbonyl (C=O) groups is 1. The van der Waals surface area contributed by atoms with Crippen molar-refractivity contribution < 1.29 is 4.79 Å². The summed E-state index contributed by atoms with van der Waals surface area (Å²) in [6.45, 7) is 13.7. The molecule has 1 aliphatic rings. The van der Waals surface area contributed by atoms with Crippen molar-refractivity contribution >= 4 is 17.2 Å². The van der Waals surface area contributed by atoms with Gasteiger partial charge in [0.15, 0.2) is 0 Å². The number of likely N-dealkylation sites (N-methyl/N-ethyl adjacent to an activating group) is 1. The number of amides is 1. The molecule has 1 N–H and O–H groups in total. The minimum absolute atomic E-state index is 0.0710. The topological polar surface area (TPSA) is 35.6 Å². The van der Waals surface area contributed by atoms with Gasteiger partial charge in [0.1, 0.15) is 0 Å². The summed E-state index contributed by atoms with van der Waals surface area (Å²) in [5.41, 5.74) is 0.836. The minimum atomic E-state index is 0.0710. The fourth-order valence-corrected chi connectivity index (χ4v) is 4.01. The molecule has 1 aromatic heterocycles. The van der Waals surface area contributed by atoms with Crippen LogP contribution in [0.1, 0.15) is 34.0 Å². The third-order valence-electron chi connectivity index (χ3n) is 4.53. The average molecular weight is 324 g/mol. The van der Waals surface area contributed by atoms with Crippen LogP contribution in [-0.4, -0.2) is 61.5 Å². The van der Waals surface area contributed by atoms with Gasteiger partial charge in [-0.3, -0.25) is 9.69 Å². The molecule has 1 unspecified atom stereocenters. The normalized spacial score (nSPS) is 18.6. The summed E-state index contributed by atoms with van der Waals surface area (Å²) in [7, 11) is 2.17. The van der Waals surface area contributed by atoms with Crippen LogP contribution in [0.2, 0.25) is 0 Å². The van der Waals surface area contributed by atoms with Gasteiger partial charge in [-0.05, 0) is 32.9 Å². The lowest BCUT2D eigenvalue weighted by atomic mass is 10.0. The molecular formula is C17H29N3OS. The molecule has 0 spiro atoms. The van der Waals surface area contributed by atoms with Crippen molar-refractivity contribution in [1.29, 1.82) is 0 Å². The van der Waals surface area contributed by atoms with Crippen LogP contribution in [0.3, 0.4) is 0 Å². The van der Waals surface area contributed by atoms with Gasteiger partial charge in [-0.15, -0.1) is 11.3 Å². The maximum Gasteiger partial charge on any atom is 0.252 e. The van der Waals surface area contributed by atoms with E-state index in [4.69, 9.17) is 0 Å². The highest BCUT2D eigenvalue weighted by molar-refractivity contribution is 7.12. The van der Waals surface area contributed by atoms with Gasteiger partial charge in [0.2, 0.25) is 0 Å². The number of rotatable bonds is 5. The fourth-order valence-electron chi connectivity index (χ4n) is 3.09. The van der Waals surface area contributed by atoms with Crippen molar-refractivity contribution in [3.8, 4) is 0 Å². The number of nitrogens with zero attached hydrogens (tertiary/aromatic N) is 2. The number of nitrogens with one attached hydrogen (secondary N) is 1. The molecule has 0 saturated carbocycles. The number of hydrogen-bond acceptors (Lipinski definition) is 4. The average Bonchev–Trinajstić information content (AvgIpc) is 2.79. The van der Waals surface area contributed by atoms with Crippen molar-refractivity contribution in [3.63, 3.8) is 0 Å². The van der Waals surface area contributed by atoms with E-state index in [9.17, 15) is 4.79 Å². The van der Waals surface area contributed by atoms with Crippen LogP contribution in [0.5, 0.6) is 0 Å². The molecule has 4 nitrogen and oxygen atoms in total. The Hall–Kier alpha value is -0.910. The van der Waals surface area contributed by atoms with Crippen LogP contribution in [0.25, 0.3) is 0 Å². The number of thiophene rings is 1. The molecule has 5 heteroatoms. The largest absolute Gasteiger partial charge is 0.350 e. The van der Waals surface area contributed by atoms with Gasteiger partial charge >= 0.3 is 0 Å². The molecule has 1 aliphatic heterocycles. The van der Waals surface area contributed by atoms with Crippen LogP contribution in [0, 0.1) is 19.8 Å². The maximum atomic E-state index is 12.4. The zero-order chi connectivity index (χ0) is 16.3. The summed E-state index contributed by atoms with van der Waals surface area (Å²) in [6.07, 6.45) is 0. The van der Waals surface area contributed by atoms with Crippen LogP contribution < -0.4 is 5.32 Å². The summed E-state index contributed by atoms with van der Waals surface area (Å²) in [6, 6.07) is 2.41. The van der Waals surface area contributed by atoms with Crippen LogP contribution in [0.4, 0.5) is 0 Å². The Bertz CT molecular complexity index is 504. The molecule has 124 valence electrons. The van der Waals surface area contributed by atoms with Crippen LogP contribution >= 0.6 is 11.3 Å². The van der Waals surface area contributed by atoms with E-state index in [2.05, 4.69) is 42.9 Å².